The fourth-order valence-electron chi connectivity index (χ4n) is 2.72. The molecule has 1 amide bonds. The van der Waals surface area contributed by atoms with Crippen molar-refractivity contribution < 1.29 is 13.9 Å². The molecule has 1 aromatic rings. The van der Waals surface area contributed by atoms with Gasteiger partial charge in [-0.2, -0.15) is 0 Å². The van der Waals surface area contributed by atoms with Crippen LogP contribution in [0.2, 0.25) is 0 Å². The van der Waals surface area contributed by atoms with Crippen molar-refractivity contribution in [3.63, 3.8) is 0 Å². The molecule has 1 aliphatic rings. The van der Waals surface area contributed by atoms with E-state index in [1.807, 2.05) is 11.8 Å². The average Bonchev–Trinajstić information content (AvgIpc) is 2.50. The molecule has 0 aromatic heterocycles. The van der Waals surface area contributed by atoms with E-state index in [1.165, 1.54) is 12.1 Å². The predicted octanol–water partition coefficient (Wildman–Crippen LogP) is 3.63. The molecule has 0 radical (unpaired) electrons. The highest BCUT2D eigenvalue weighted by Gasteiger charge is 2.21. The lowest BCUT2D eigenvalue weighted by Gasteiger charge is -2.32. The van der Waals surface area contributed by atoms with E-state index in [9.17, 15) is 9.18 Å². The molecule has 0 spiro atoms. The fraction of sp³-hybridized carbons (Fsp3) is 0.588. The van der Waals surface area contributed by atoms with Crippen molar-refractivity contribution in [3.8, 4) is 5.75 Å². The minimum Gasteiger partial charge on any atom is -0.494 e. The quantitative estimate of drug-likeness (QED) is 0.801. The maximum Gasteiger partial charge on any atom is 0.222 e. The van der Waals surface area contributed by atoms with E-state index in [0.717, 1.165) is 38.8 Å². The largest absolute Gasteiger partial charge is 0.494 e. The van der Waals surface area contributed by atoms with Gasteiger partial charge in [0.2, 0.25) is 5.91 Å². The smallest absolute Gasteiger partial charge is 0.222 e. The predicted molar refractivity (Wildman–Crippen MR) is 80.7 cm³/mol. The summed E-state index contributed by atoms with van der Waals surface area (Å²) in [6.45, 7) is 4.44. The molecule has 1 aliphatic heterocycles. The topological polar surface area (TPSA) is 29.5 Å². The van der Waals surface area contributed by atoms with Crippen molar-refractivity contribution in [3.05, 3.63) is 30.1 Å². The molecule has 1 fully saturated rings. The number of halogens is 1. The van der Waals surface area contributed by atoms with E-state index in [2.05, 4.69) is 0 Å². The van der Waals surface area contributed by atoms with Crippen LogP contribution in [0.15, 0.2) is 24.3 Å². The molecule has 4 heteroatoms. The van der Waals surface area contributed by atoms with Gasteiger partial charge in [0.25, 0.3) is 0 Å². The van der Waals surface area contributed by atoms with Gasteiger partial charge in [0.15, 0.2) is 0 Å². The number of carbonyl (C=O) groups excluding carboxylic acids is 1. The molecule has 0 aliphatic carbocycles. The second-order valence-corrected chi connectivity index (χ2v) is 5.67. The second-order valence-electron chi connectivity index (χ2n) is 5.67. The summed E-state index contributed by atoms with van der Waals surface area (Å²) < 4.78 is 18.4. The lowest BCUT2D eigenvalue weighted by atomic mass is 9.94. The molecule has 1 aromatic carbocycles. The third kappa shape index (κ3) is 5.03. The van der Waals surface area contributed by atoms with Gasteiger partial charge in [-0.3, -0.25) is 4.79 Å². The van der Waals surface area contributed by atoms with Gasteiger partial charge in [0.1, 0.15) is 11.6 Å². The summed E-state index contributed by atoms with van der Waals surface area (Å²) in [7, 11) is 0. The zero-order valence-electron chi connectivity index (χ0n) is 12.7. The molecule has 1 heterocycles. The Morgan fingerprint density at radius 3 is 2.57 bits per heavy atom. The van der Waals surface area contributed by atoms with Crippen molar-refractivity contribution in [2.75, 3.05) is 19.7 Å². The Hall–Kier alpha value is -1.58. The first kappa shape index (κ1) is 15.8. The Morgan fingerprint density at radius 1 is 1.29 bits per heavy atom. The number of benzene rings is 1. The summed E-state index contributed by atoms with van der Waals surface area (Å²) in [4.78, 5) is 13.8. The van der Waals surface area contributed by atoms with Crippen LogP contribution >= 0.6 is 0 Å². The van der Waals surface area contributed by atoms with E-state index < -0.39 is 0 Å². The van der Waals surface area contributed by atoms with Crippen LogP contribution < -0.4 is 4.74 Å². The first-order valence-corrected chi connectivity index (χ1v) is 7.85. The van der Waals surface area contributed by atoms with Crippen LogP contribution in [-0.2, 0) is 4.79 Å². The summed E-state index contributed by atoms with van der Waals surface area (Å²) >= 11 is 0. The van der Waals surface area contributed by atoms with Gasteiger partial charge in [-0.1, -0.05) is 6.92 Å². The number of nitrogens with zero attached hydrogens (tertiary/aromatic N) is 1. The number of carbonyl (C=O) groups is 1. The Labute approximate surface area is 126 Å². The number of rotatable bonds is 6. The van der Waals surface area contributed by atoms with Gasteiger partial charge in [-0.25, -0.2) is 4.39 Å². The summed E-state index contributed by atoms with van der Waals surface area (Å²) in [5.41, 5.74) is 0. The van der Waals surface area contributed by atoms with Gasteiger partial charge >= 0.3 is 0 Å². The number of ether oxygens (including phenoxy) is 1. The summed E-state index contributed by atoms with van der Waals surface area (Å²) in [6.07, 6.45) is 4.69. The monoisotopic (exact) mass is 293 g/mol. The molecular weight excluding hydrogens is 269 g/mol. The van der Waals surface area contributed by atoms with E-state index in [-0.39, 0.29) is 5.82 Å². The minimum atomic E-state index is -0.244. The van der Waals surface area contributed by atoms with Gasteiger partial charge in [0, 0.05) is 19.5 Å². The number of likely N-dealkylation sites (tertiary alicyclic amines) is 1. The molecule has 0 atom stereocenters. The highest BCUT2D eigenvalue weighted by molar-refractivity contribution is 5.76. The van der Waals surface area contributed by atoms with Crippen molar-refractivity contribution in [2.24, 2.45) is 5.92 Å². The minimum absolute atomic E-state index is 0.244. The second kappa shape index (κ2) is 8.01. The zero-order valence-corrected chi connectivity index (χ0v) is 12.7. The first-order chi connectivity index (χ1) is 10.2. The number of hydrogen-bond acceptors (Lipinski definition) is 2. The Bertz CT molecular complexity index is 439. The van der Waals surface area contributed by atoms with Crippen LogP contribution in [0.25, 0.3) is 0 Å². The number of amides is 1. The molecule has 21 heavy (non-hydrogen) atoms. The molecule has 116 valence electrons. The Morgan fingerprint density at radius 2 is 1.95 bits per heavy atom. The average molecular weight is 293 g/mol. The van der Waals surface area contributed by atoms with Gasteiger partial charge in [0.05, 0.1) is 6.61 Å². The van der Waals surface area contributed by atoms with Gasteiger partial charge in [-0.05, 0) is 55.9 Å². The lowest BCUT2D eigenvalue weighted by molar-refractivity contribution is -0.132. The molecular formula is C17H24FNO2. The van der Waals surface area contributed by atoms with Crippen molar-refractivity contribution in [1.29, 1.82) is 0 Å². The standard InChI is InChI=1S/C17H24FNO2/c1-2-3-17(20)19-11-8-14(9-12-19)10-13-21-16-6-4-15(18)5-7-16/h4-7,14H,2-3,8-13H2,1H3. The molecule has 0 saturated carbocycles. The van der Waals surface area contributed by atoms with Crippen LogP contribution in [-0.4, -0.2) is 30.5 Å². The molecule has 3 nitrogen and oxygen atoms in total. The van der Waals surface area contributed by atoms with Gasteiger partial charge in [-0.15, -0.1) is 0 Å². The molecule has 0 bridgehead atoms. The molecule has 0 N–H and O–H groups in total. The Kier molecular flexibility index (Phi) is 6.03. The maximum absolute atomic E-state index is 12.8. The summed E-state index contributed by atoms with van der Waals surface area (Å²) in [6, 6.07) is 6.13. The van der Waals surface area contributed by atoms with Crippen molar-refractivity contribution >= 4 is 5.91 Å². The third-order valence-corrected chi connectivity index (χ3v) is 4.04. The number of hydrogen-bond donors (Lipinski definition) is 0. The fourth-order valence-corrected chi connectivity index (χ4v) is 2.72. The highest BCUT2D eigenvalue weighted by atomic mass is 19.1. The maximum atomic E-state index is 12.8. The van der Waals surface area contributed by atoms with Crippen LogP contribution in [0.5, 0.6) is 5.75 Å². The Balaban J connectivity index is 1.65. The molecule has 1 saturated heterocycles. The highest BCUT2D eigenvalue weighted by Crippen LogP contribution is 2.22. The molecule has 0 unspecified atom stereocenters. The van der Waals surface area contributed by atoms with E-state index in [1.54, 1.807) is 12.1 Å². The van der Waals surface area contributed by atoms with Crippen LogP contribution in [0.4, 0.5) is 4.39 Å². The van der Waals surface area contributed by atoms with Crippen LogP contribution in [0, 0.1) is 11.7 Å². The molecule has 2 rings (SSSR count). The van der Waals surface area contributed by atoms with Crippen LogP contribution in [0.1, 0.15) is 39.0 Å². The van der Waals surface area contributed by atoms with E-state index >= 15 is 0 Å². The number of piperidine rings is 1. The first-order valence-electron chi connectivity index (χ1n) is 7.85. The summed E-state index contributed by atoms with van der Waals surface area (Å²) in [5, 5.41) is 0. The lowest BCUT2D eigenvalue weighted by Crippen LogP contribution is -2.38. The van der Waals surface area contributed by atoms with E-state index in [0.29, 0.717) is 30.6 Å². The van der Waals surface area contributed by atoms with Crippen molar-refractivity contribution in [1.82, 2.24) is 4.90 Å². The van der Waals surface area contributed by atoms with Crippen molar-refractivity contribution in [2.45, 2.75) is 39.0 Å². The van der Waals surface area contributed by atoms with Gasteiger partial charge < -0.3 is 9.64 Å². The SMILES string of the molecule is CCCC(=O)N1CCC(CCOc2ccc(F)cc2)CC1. The normalized spacial score (nSPS) is 16.0. The van der Waals surface area contributed by atoms with E-state index in [4.69, 9.17) is 4.74 Å². The zero-order chi connectivity index (χ0) is 15.1. The van der Waals surface area contributed by atoms with Crippen LogP contribution in [0.3, 0.4) is 0 Å². The summed E-state index contributed by atoms with van der Waals surface area (Å²) in [5.74, 6) is 1.38. The third-order valence-electron chi connectivity index (χ3n) is 4.04.